The van der Waals surface area contributed by atoms with Crippen LogP contribution >= 0.6 is 11.6 Å². The average molecular weight is 433 g/mol. The molecule has 2 atom stereocenters. The maximum Gasteiger partial charge on any atom is 0.335 e. The van der Waals surface area contributed by atoms with Crippen LogP contribution in [0, 0.1) is 6.92 Å². The zero-order chi connectivity index (χ0) is 21.8. The van der Waals surface area contributed by atoms with E-state index >= 15 is 0 Å². The van der Waals surface area contributed by atoms with Crippen LogP contribution in [0.5, 0.6) is 5.75 Å². The predicted molar refractivity (Wildman–Crippen MR) is 120 cm³/mol. The SMILES string of the molecule is Cc1ccccc1C(=O)N1C(=O)N(c2ccc(Cl)cc2)[C@@]2(C)C[C@@H]1c1ccccc1O2. The van der Waals surface area contributed by atoms with E-state index in [4.69, 9.17) is 16.3 Å². The van der Waals surface area contributed by atoms with Crippen molar-refractivity contribution in [2.45, 2.75) is 32.0 Å². The van der Waals surface area contributed by atoms with Gasteiger partial charge < -0.3 is 4.74 Å². The van der Waals surface area contributed by atoms with Crippen LogP contribution in [0.1, 0.15) is 40.9 Å². The normalized spacial score (nSPS) is 22.0. The third-order valence-electron chi connectivity index (χ3n) is 6.04. The molecule has 3 aromatic carbocycles. The molecule has 0 N–H and O–H groups in total. The summed E-state index contributed by atoms with van der Waals surface area (Å²) in [6, 6.07) is 21.1. The van der Waals surface area contributed by atoms with E-state index in [0.717, 1.165) is 11.1 Å². The van der Waals surface area contributed by atoms with Gasteiger partial charge in [-0.05, 0) is 55.8 Å². The second kappa shape index (κ2) is 7.13. The van der Waals surface area contributed by atoms with Crippen molar-refractivity contribution in [3.63, 3.8) is 0 Å². The third kappa shape index (κ3) is 3.08. The Labute approximate surface area is 185 Å². The van der Waals surface area contributed by atoms with Crippen LogP contribution < -0.4 is 9.64 Å². The van der Waals surface area contributed by atoms with E-state index in [1.165, 1.54) is 4.90 Å². The summed E-state index contributed by atoms with van der Waals surface area (Å²) in [5.74, 6) is 0.362. The molecular weight excluding hydrogens is 412 g/mol. The minimum Gasteiger partial charge on any atom is -0.467 e. The zero-order valence-electron chi connectivity index (χ0n) is 17.2. The van der Waals surface area contributed by atoms with Crippen LogP contribution in [-0.2, 0) is 0 Å². The van der Waals surface area contributed by atoms with Crippen molar-refractivity contribution < 1.29 is 14.3 Å². The van der Waals surface area contributed by atoms with Crippen LogP contribution in [0.25, 0.3) is 0 Å². The highest BCUT2D eigenvalue weighted by Crippen LogP contribution is 2.49. The number of nitrogens with zero attached hydrogens (tertiary/aromatic N) is 2. The first-order valence-electron chi connectivity index (χ1n) is 10.2. The summed E-state index contributed by atoms with van der Waals surface area (Å²) < 4.78 is 6.35. The molecule has 2 aliphatic heterocycles. The van der Waals surface area contributed by atoms with Crippen molar-refractivity contribution in [3.8, 4) is 5.75 Å². The molecule has 0 unspecified atom stereocenters. The fourth-order valence-corrected chi connectivity index (χ4v) is 4.68. The average Bonchev–Trinajstić information content (AvgIpc) is 2.75. The third-order valence-corrected chi connectivity index (χ3v) is 6.29. The fraction of sp³-hybridized carbons (Fsp3) is 0.200. The van der Waals surface area contributed by atoms with E-state index in [1.54, 1.807) is 35.2 Å². The Hall–Kier alpha value is -3.31. The number of carbonyl (C=O) groups excluding carboxylic acids is 2. The first-order chi connectivity index (χ1) is 14.9. The molecule has 6 heteroatoms. The number of carbonyl (C=O) groups is 2. The molecule has 31 heavy (non-hydrogen) atoms. The zero-order valence-corrected chi connectivity index (χ0v) is 18.0. The number of urea groups is 1. The lowest BCUT2D eigenvalue weighted by atomic mass is 9.88. The second-order valence-electron chi connectivity index (χ2n) is 8.12. The fourth-order valence-electron chi connectivity index (χ4n) is 4.55. The summed E-state index contributed by atoms with van der Waals surface area (Å²) in [5.41, 5.74) is 1.86. The number of anilines is 1. The number of benzene rings is 3. The van der Waals surface area contributed by atoms with Gasteiger partial charge in [0.15, 0.2) is 5.72 Å². The topological polar surface area (TPSA) is 49.9 Å². The number of hydrogen-bond acceptors (Lipinski definition) is 3. The van der Waals surface area contributed by atoms with Crippen LogP contribution in [-0.4, -0.2) is 22.6 Å². The number of ether oxygens (including phenoxy) is 1. The van der Waals surface area contributed by atoms with E-state index in [9.17, 15) is 9.59 Å². The quantitative estimate of drug-likeness (QED) is 0.501. The van der Waals surface area contributed by atoms with Crippen molar-refractivity contribution in [2.24, 2.45) is 0 Å². The van der Waals surface area contributed by atoms with E-state index in [1.807, 2.05) is 56.3 Å². The van der Waals surface area contributed by atoms with Crippen molar-refractivity contribution in [2.75, 3.05) is 4.90 Å². The molecule has 3 aromatic rings. The molecule has 0 radical (unpaired) electrons. The maximum absolute atomic E-state index is 13.9. The second-order valence-corrected chi connectivity index (χ2v) is 8.56. The predicted octanol–water partition coefficient (Wildman–Crippen LogP) is 5.97. The van der Waals surface area contributed by atoms with Gasteiger partial charge in [-0.15, -0.1) is 0 Å². The Kier molecular flexibility index (Phi) is 4.52. The molecule has 0 spiro atoms. The summed E-state index contributed by atoms with van der Waals surface area (Å²) in [6.45, 7) is 3.76. The monoisotopic (exact) mass is 432 g/mol. The lowest BCUT2D eigenvalue weighted by molar-refractivity contribution is 0.00266. The molecule has 5 rings (SSSR count). The number of fused-ring (bicyclic) bond motifs is 4. The molecule has 3 amide bonds. The molecule has 1 saturated heterocycles. The lowest BCUT2D eigenvalue weighted by Gasteiger charge is -2.53. The minimum absolute atomic E-state index is 0.314. The highest BCUT2D eigenvalue weighted by atomic mass is 35.5. The number of amides is 3. The molecule has 0 aliphatic carbocycles. The highest BCUT2D eigenvalue weighted by molar-refractivity contribution is 6.30. The van der Waals surface area contributed by atoms with Gasteiger partial charge in [-0.1, -0.05) is 48.0 Å². The van der Waals surface area contributed by atoms with Crippen LogP contribution in [0.15, 0.2) is 72.8 Å². The summed E-state index contributed by atoms with van der Waals surface area (Å²) >= 11 is 6.07. The number of aryl methyl sites for hydroxylation is 1. The summed E-state index contributed by atoms with van der Waals surface area (Å²) in [6.07, 6.45) is 0.454. The Morgan fingerprint density at radius 1 is 1.03 bits per heavy atom. The van der Waals surface area contributed by atoms with E-state index in [-0.39, 0.29) is 5.91 Å². The van der Waals surface area contributed by atoms with Gasteiger partial charge >= 0.3 is 6.03 Å². The standard InChI is InChI=1S/C25H21ClN2O3/c1-16-7-3-4-8-19(16)23(29)27-21-15-25(2,31-22-10-6-5-9-20(21)22)28(24(27)30)18-13-11-17(26)12-14-18/h3-14,21H,15H2,1-2H3/t21-,25-/m1/s1. The highest BCUT2D eigenvalue weighted by Gasteiger charge is 2.55. The van der Waals surface area contributed by atoms with Crippen LogP contribution in [0.4, 0.5) is 10.5 Å². The van der Waals surface area contributed by atoms with Gasteiger partial charge in [0.05, 0.1) is 6.04 Å². The Morgan fingerprint density at radius 2 is 1.71 bits per heavy atom. The van der Waals surface area contributed by atoms with E-state index in [2.05, 4.69) is 0 Å². The molecule has 0 saturated carbocycles. The minimum atomic E-state index is -0.938. The number of hydrogen-bond donors (Lipinski definition) is 0. The molecule has 2 heterocycles. The molecule has 156 valence electrons. The molecule has 0 aromatic heterocycles. The van der Waals surface area contributed by atoms with Crippen LogP contribution in [0.2, 0.25) is 5.02 Å². The number of halogens is 1. The number of imide groups is 1. The van der Waals surface area contributed by atoms with Gasteiger partial charge in [0.1, 0.15) is 5.75 Å². The lowest BCUT2D eigenvalue weighted by Crippen LogP contribution is -2.67. The van der Waals surface area contributed by atoms with Crippen molar-refractivity contribution in [1.82, 2.24) is 4.90 Å². The number of para-hydroxylation sites is 1. The van der Waals surface area contributed by atoms with Crippen molar-refractivity contribution >= 4 is 29.2 Å². The van der Waals surface area contributed by atoms with Gasteiger partial charge in [0.25, 0.3) is 5.91 Å². The first kappa shape index (κ1) is 19.6. The molecule has 5 nitrogen and oxygen atoms in total. The van der Waals surface area contributed by atoms with Gasteiger partial charge in [0, 0.05) is 28.3 Å². The van der Waals surface area contributed by atoms with Gasteiger partial charge in [0.2, 0.25) is 0 Å². The van der Waals surface area contributed by atoms with E-state index < -0.39 is 17.8 Å². The molecule has 1 fully saturated rings. The summed E-state index contributed by atoms with van der Waals surface area (Å²) in [7, 11) is 0. The van der Waals surface area contributed by atoms with E-state index in [0.29, 0.717) is 28.4 Å². The molecule has 2 bridgehead atoms. The van der Waals surface area contributed by atoms with Crippen molar-refractivity contribution in [1.29, 1.82) is 0 Å². The molecule has 2 aliphatic rings. The Bertz CT molecular complexity index is 1190. The molecular formula is C25H21ClN2O3. The van der Waals surface area contributed by atoms with Gasteiger partial charge in [-0.25, -0.2) is 4.79 Å². The number of rotatable bonds is 2. The maximum atomic E-state index is 13.9. The van der Waals surface area contributed by atoms with Gasteiger partial charge in [-0.2, -0.15) is 0 Å². The first-order valence-corrected chi connectivity index (χ1v) is 10.5. The van der Waals surface area contributed by atoms with Gasteiger partial charge in [-0.3, -0.25) is 14.6 Å². The summed E-state index contributed by atoms with van der Waals surface area (Å²) in [4.78, 5) is 30.5. The largest absolute Gasteiger partial charge is 0.467 e. The Morgan fingerprint density at radius 3 is 2.45 bits per heavy atom. The van der Waals surface area contributed by atoms with Crippen molar-refractivity contribution in [3.05, 3.63) is 94.5 Å². The summed E-state index contributed by atoms with van der Waals surface area (Å²) in [5, 5.41) is 0.569. The van der Waals surface area contributed by atoms with Crippen LogP contribution in [0.3, 0.4) is 0 Å². The Balaban J connectivity index is 1.68. The smallest absolute Gasteiger partial charge is 0.335 e.